The Labute approximate surface area is 131 Å². The van der Waals surface area contributed by atoms with E-state index in [1.54, 1.807) is 24.3 Å². The number of nitrogens with zero attached hydrogens (tertiary/aromatic N) is 3. The van der Waals surface area contributed by atoms with Gasteiger partial charge in [-0.3, -0.25) is 15.1 Å². The van der Waals surface area contributed by atoms with Crippen LogP contribution in [0, 0.1) is 5.82 Å². The molecule has 2 aliphatic heterocycles. The zero-order chi connectivity index (χ0) is 15.8. The maximum atomic E-state index is 13.0. The molecule has 0 unspecified atom stereocenters. The molecule has 6 nitrogen and oxygen atoms in total. The van der Waals surface area contributed by atoms with Gasteiger partial charge in [-0.15, -0.1) is 0 Å². The van der Waals surface area contributed by atoms with Crippen molar-refractivity contribution in [1.82, 2.24) is 15.4 Å². The molecule has 0 radical (unpaired) electrons. The molecule has 7 heteroatoms. The number of carbonyl (C=O) groups excluding carboxylic acids is 1. The maximum absolute atomic E-state index is 13.0. The second-order valence-corrected chi connectivity index (χ2v) is 5.37. The summed E-state index contributed by atoms with van der Waals surface area (Å²) in [4.78, 5) is 18.3. The van der Waals surface area contributed by atoms with Crippen molar-refractivity contribution in [1.29, 1.82) is 0 Å². The molecule has 1 fully saturated rings. The summed E-state index contributed by atoms with van der Waals surface area (Å²) in [7, 11) is 0. The Morgan fingerprint density at radius 3 is 2.96 bits per heavy atom. The van der Waals surface area contributed by atoms with Gasteiger partial charge in [-0.25, -0.2) is 4.39 Å². The zero-order valence-electron chi connectivity index (χ0n) is 12.1. The molecule has 0 saturated carbocycles. The lowest BCUT2D eigenvalue weighted by atomic mass is 10.1. The fraction of sp³-hybridized carbons (Fsp3) is 0.188. The third-order valence-corrected chi connectivity index (χ3v) is 3.79. The van der Waals surface area contributed by atoms with E-state index in [4.69, 9.17) is 4.52 Å². The Morgan fingerprint density at radius 2 is 2.13 bits per heavy atom. The number of aliphatic imine (C=N–C) groups is 1. The van der Waals surface area contributed by atoms with Crippen LogP contribution in [0.4, 0.5) is 4.39 Å². The number of rotatable bonds is 2. The van der Waals surface area contributed by atoms with E-state index < -0.39 is 0 Å². The van der Waals surface area contributed by atoms with Gasteiger partial charge in [-0.05, 0) is 30.3 Å². The molecule has 0 aliphatic carbocycles. The fourth-order valence-corrected chi connectivity index (χ4v) is 2.61. The van der Waals surface area contributed by atoms with E-state index in [0.717, 1.165) is 12.1 Å². The summed E-state index contributed by atoms with van der Waals surface area (Å²) in [5, 5.41) is 6.72. The average Bonchev–Trinajstić information content (AvgIpc) is 3.18. The number of aromatic nitrogens is 1. The zero-order valence-corrected chi connectivity index (χ0v) is 12.1. The van der Waals surface area contributed by atoms with E-state index in [9.17, 15) is 9.18 Å². The summed E-state index contributed by atoms with van der Waals surface area (Å²) in [5.74, 6) is 0.682. The number of nitrogens with one attached hydrogen (secondary N) is 1. The molecule has 0 bridgehead atoms. The molecule has 0 spiro atoms. The van der Waals surface area contributed by atoms with Crippen LogP contribution in [0.2, 0.25) is 0 Å². The molecule has 3 heterocycles. The average molecular weight is 312 g/mol. The number of guanidine groups is 1. The molecule has 1 aromatic heterocycles. The fourth-order valence-electron chi connectivity index (χ4n) is 2.61. The SMILES string of the molecule is O=C1NC2=NCCN2C/C1=C/c1cc(-c2ccc(F)cc2)on1. The van der Waals surface area contributed by atoms with Crippen molar-refractivity contribution < 1.29 is 13.7 Å². The first-order valence-corrected chi connectivity index (χ1v) is 7.23. The van der Waals surface area contributed by atoms with E-state index in [1.807, 2.05) is 4.90 Å². The number of hydrogen-bond donors (Lipinski definition) is 1. The number of fused-ring (bicyclic) bond motifs is 1. The van der Waals surface area contributed by atoms with Crippen molar-refractivity contribution in [3.05, 3.63) is 47.4 Å². The van der Waals surface area contributed by atoms with Crippen molar-refractivity contribution in [3.8, 4) is 11.3 Å². The highest BCUT2D eigenvalue weighted by atomic mass is 19.1. The number of benzene rings is 1. The van der Waals surface area contributed by atoms with Gasteiger partial charge in [0.05, 0.1) is 13.1 Å². The Hall–Kier alpha value is -2.96. The summed E-state index contributed by atoms with van der Waals surface area (Å²) in [6.45, 7) is 2.00. The van der Waals surface area contributed by atoms with Crippen molar-refractivity contribution in [2.24, 2.45) is 4.99 Å². The molecule has 2 aromatic rings. The highest BCUT2D eigenvalue weighted by Gasteiger charge is 2.28. The van der Waals surface area contributed by atoms with Gasteiger partial charge < -0.3 is 9.42 Å². The summed E-state index contributed by atoms with van der Waals surface area (Å²) in [6.07, 6.45) is 1.70. The molecule has 23 heavy (non-hydrogen) atoms. The highest BCUT2D eigenvalue weighted by Crippen LogP contribution is 2.22. The van der Waals surface area contributed by atoms with Crippen molar-refractivity contribution in [3.63, 3.8) is 0 Å². The lowest BCUT2D eigenvalue weighted by Gasteiger charge is -2.26. The lowest BCUT2D eigenvalue weighted by molar-refractivity contribution is -0.116. The van der Waals surface area contributed by atoms with Crippen LogP contribution in [0.5, 0.6) is 0 Å². The van der Waals surface area contributed by atoms with Crippen LogP contribution in [-0.2, 0) is 4.79 Å². The number of carbonyl (C=O) groups is 1. The van der Waals surface area contributed by atoms with Crippen LogP contribution < -0.4 is 5.32 Å². The molecule has 1 saturated heterocycles. The molecule has 1 amide bonds. The van der Waals surface area contributed by atoms with Gasteiger partial charge in [0.1, 0.15) is 11.5 Å². The van der Waals surface area contributed by atoms with E-state index in [0.29, 0.717) is 36.1 Å². The Morgan fingerprint density at radius 1 is 1.30 bits per heavy atom. The molecule has 116 valence electrons. The van der Waals surface area contributed by atoms with Crippen molar-refractivity contribution in [2.75, 3.05) is 19.6 Å². The topological polar surface area (TPSA) is 70.7 Å². The van der Waals surface area contributed by atoms with Gasteiger partial charge in [0, 0.05) is 23.7 Å². The van der Waals surface area contributed by atoms with Crippen molar-refractivity contribution in [2.45, 2.75) is 0 Å². The summed E-state index contributed by atoms with van der Waals surface area (Å²) in [6, 6.07) is 7.68. The lowest BCUT2D eigenvalue weighted by Crippen LogP contribution is -2.49. The minimum atomic E-state index is -0.308. The quantitative estimate of drug-likeness (QED) is 0.856. The van der Waals surface area contributed by atoms with Crippen LogP contribution in [0.3, 0.4) is 0 Å². The van der Waals surface area contributed by atoms with Crippen molar-refractivity contribution >= 4 is 17.9 Å². The Balaban J connectivity index is 1.58. The van der Waals surface area contributed by atoms with Gasteiger partial charge in [-0.2, -0.15) is 0 Å². The van der Waals surface area contributed by atoms with E-state index >= 15 is 0 Å². The molecular formula is C16H13FN4O2. The third kappa shape index (κ3) is 2.61. The summed E-state index contributed by atoms with van der Waals surface area (Å²) >= 11 is 0. The molecule has 2 aliphatic rings. The van der Waals surface area contributed by atoms with Gasteiger partial charge in [0.25, 0.3) is 5.91 Å². The first kappa shape index (κ1) is 13.7. The van der Waals surface area contributed by atoms with Gasteiger partial charge in [-0.1, -0.05) is 5.16 Å². The van der Waals surface area contributed by atoms with E-state index in [2.05, 4.69) is 15.5 Å². The standard InChI is InChI=1S/C16H13FN4O2/c17-12-3-1-10(2-4-12)14-8-13(20-23-14)7-11-9-21-6-5-18-16(21)19-15(11)22/h1-4,7-8H,5-6,9H2,(H,18,19,22)/b11-7-. The smallest absolute Gasteiger partial charge is 0.255 e. The maximum Gasteiger partial charge on any atom is 0.255 e. The third-order valence-electron chi connectivity index (χ3n) is 3.79. The predicted molar refractivity (Wildman–Crippen MR) is 81.9 cm³/mol. The second-order valence-electron chi connectivity index (χ2n) is 5.37. The highest BCUT2D eigenvalue weighted by molar-refractivity contribution is 6.10. The number of halogens is 1. The van der Waals surface area contributed by atoms with E-state index in [-0.39, 0.29) is 11.7 Å². The Kier molecular flexibility index (Phi) is 3.18. The molecule has 4 rings (SSSR count). The monoisotopic (exact) mass is 312 g/mol. The summed E-state index contributed by atoms with van der Waals surface area (Å²) in [5.41, 5.74) is 1.88. The Bertz CT molecular complexity index is 823. The second kappa shape index (κ2) is 5.35. The van der Waals surface area contributed by atoms with Crippen LogP contribution in [-0.4, -0.2) is 41.6 Å². The minimum absolute atomic E-state index is 0.173. The van der Waals surface area contributed by atoms with Crippen LogP contribution >= 0.6 is 0 Å². The minimum Gasteiger partial charge on any atom is -0.356 e. The van der Waals surface area contributed by atoms with Crippen LogP contribution in [0.1, 0.15) is 5.69 Å². The first-order chi connectivity index (χ1) is 11.2. The van der Waals surface area contributed by atoms with Gasteiger partial charge >= 0.3 is 0 Å². The van der Waals surface area contributed by atoms with E-state index in [1.165, 1.54) is 12.1 Å². The number of hydrogen-bond acceptors (Lipinski definition) is 5. The van der Waals surface area contributed by atoms with Crippen LogP contribution in [0.25, 0.3) is 17.4 Å². The van der Waals surface area contributed by atoms with Crippen LogP contribution in [0.15, 0.2) is 45.4 Å². The molecule has 0 atom stereocenters. The predicted octanol–water partition coefficient (Wildman–Crippen LogP) is 1.67. The molecular weight excluding hydrogens is 299 g/mol. The molecule has 1 N–H and O–H groups in total. The van der Waals surface area contributed by atoms with Gasteiger partial charge in [0.2, 0.25) is 5.96 Å². The first-order valence-electron chi connectivity index (χ1n) is 7.23. The normalized spacial score (nSPS) is 18.8. The summed E-state index contributed by atoms with van der Waals surface area (Å²) < 4.78 is 18.2. The number of amides is 1. The molecule has 1 aromatic carbocycles. The van der Waals surface area contributed by atoms with Gasteiger partial charge in [0.15, 0.2) is 5.76 Å². The largest absolute Gasteiger partial charge is 0.356 e.